The highest BCUT2D eigenvalue weighted by molar-refractivity contribution is 5.01. The Hall–Kier alpha value is -0.340. The molecule has 1 N–H and O–H groups in total. The quantitative estimate of drug-likeness (QED) is 0.755. The summed E-state index contributed by atoms with van der Waals surface area (Å²) in [7, 11) is 0. The van der Waals surface area contributed by atoms with Gasteiger partial charge in [-0.1, -0.05) is 25.0 Å². The molecule has 98 valence electrons. The summed E-state index contributed by atoms with van der Waals surface area (Å²) >= 11 is 0. The fourth-order valence-corrected chi connectivity index (χ4v) is 3.52. The smallest absolute Gasteiger partial charge is 0.0171 e. The van der Waals surface area contributed by atoms with Crippen molar-refractivity contribution in [1.82, 2.24) is 10.2 Å². The van der Waals surface area contributed by atoms with Gasteiger partial charge in [0.1, 0.15) is 0 Å². The van der Waals surface area contributed by atoms with E-state index >= 15 is 0 Å². The molecule has 0 amide bonds. The van der Waals surface area contributed by atoms with Crippen molar-refractivity contribution < 1.29 is 0 Å². The highest BCUT2D eigenvalue weighted by Gasteiger charge is 2.37. The van der Waals surface area contributed by atoms with E-state index in [1.807, 2.05) is 0 Å². The third kappa shape index (κ3) is 3.32. The van der Waals surface area contributed by atoms with Crippen molar-refractivity contribution in [2.45, 2.75) is 71.0 Å². The molecule has 2 aliphatic rings. The molecule has 2 nitrogen and oxygen atoms in total. The largest absolute Gasteiger partial charge is 0.314 e. The van der Waals surface area contributed by atoms with Gasteiger partial charge in [0.15, 0.2) is 0 Å². The summed E-state index contributed by atoms with van der Waals surface area (Å²) in [5, 5.41) is 3.66. The molecule has 17 heavy (non-hydrogen) atoms. The first-order chi connectivity index (χ1) is 8.20. The van der Waals surface area contributed by atoms with Crippen LogP contribution in [-0.4, -0.2) is 36.1 Å². The number of hydrogen-bond donors (Lipinski definition) is 1. The standard InChI is InChI=1S/C15H28N2/c1-4-16-13-10-14-6-5-7-15(11-13)17(14)9-8-12(2)3/h8,13-16H,4-7,9-11H2,1-3H3. The Balaban J connectivity index is 1.97. The lowest BCUT2D eigenvalue weighted by atomic mass is 9.81. The number of nitrogens with one attached hydrogen (secondary N) is 1. The second-order valence-corrected chi connectivity index (χ2v) is 5.94. The van der Waals surface area contributed by atoms with Crippen LogP contribution in [0.2, 0.25) is 0 Å². The summed E-state index contributed by atoms with van der Waals surface area (Å²) in [4.78, 5) is 2.77. The fourth-order valence-electron chi connectivity index (χ4n) is 3.52. The molecule has 0 aromatic rings. The van der Waals surface area contributed by atoms with Crippen LogP contribution in [0.1, 0.15) is 52.9 Å². The molecule has 2 atom stereocenters. The fraction of sp³-hybridized carbons (Fsp3) is 0.867. The molecule has 2 rings (SSSR count). The van der Waals surface area contributed by atoms with Crippen LogP contribution in [0.3, 0.4) is 0 Å². The highest BCUT2D eigenvalue weighted by atomic mass is 15.2. The van der Waals surface area contributed by atoms with Gasteiger partial charge in [-0.15, -0.1) is 0 Å². The molecule has 2 unspecified atom stereocenters. The van der Waals surface area contributed by atoms with E-state index in [1.165, 1.54) is 44.2 Å². The van der Waals surface area contributed by atoms with Gasteiger partial charge in [0.05, 0.1) is 0 Å². The van der Waals surface area contributed by atoms with E-state index in [9.17, 15) is 0 Å². The van der Waals surface area contributed by atoms with Gasteiger partial charge in [0.2, 0.25) is 0 Å². The maximum Gasteiger partial charge on any atom is 0.0171 e. The Morgan fingerprint density at radius 2 is 1.88 bits per heavy atom. The lowest BCUT2D eigenvalue weighted by molar-refractivity contribution is 0.0352. The molecule has 0 spiro atoms. The normalized spacial score (nSPS) is 33.5. The predicted octanol–water partition coefficient (Wildman–Crippen LogP) is 2.95. The van der Waals surface area contributed by atoms with Gasteiger partial charge < -0.3 is 5.32 Å². The van der Waals surface area contributed by atoms with Crippen molar-refractivity contribution in [2.24, 2.45) is 0 Å². The van der Waals surface area contributed by atoms with E-state index in [1.54, 1.807) is 0 Å². The minimum atomic E-state index is 0.776. The summed E-state index contributed by atoms with van der Waals surface area (Å²) in [6, 6.07) is 2.45. The molecule has 0 aromatic heterocycles. The third-order valence-corrected chi connectivity index (χ3v) is 4.33. The monoisotopic (exact) mass is 236 g/mol. The van der Waals surface area contributed by atoms with E-state index < -0.39 is 0 Å². The Kier molecular flexibility index (Phi) is 4.63. The second-order valence-electron chi connectivity index (χ2n) is 5.94. The molecule has 2 fully saturated rings. The molecule has 2 heteroatoms. The van der Waals surface area contributed by atoms with E-state index in [0.717, 1.165) is 24.7 Å². The topological polar surface area (TPSA) is 15.3 Å². The van der Waals surface area contributed by atoms with Gasteiger partial charge in [-0.25, -0.2) is 0 Å². The molecule has 0 aliphatic carbocycles. The zero-order valence-corrected chi connectivity index (χ0v) is 11.7. The van der Waals surface area contributed by atoms with Crippen LogP contribution in [0.4, 0.5) is 0 Å². The maximum absolute atomic E-state index is 3.66. The van der Waals surface area contributed by atoms with Crippen molar-refractivity contribution >= 4 is 0 Å². The number of rotatable bonds is 4. The number of fused-ring (bicyclic) bond motifs is 2. The zero-order valence-electron chi connectivity index (χ0n) is 11.7. The molecular weight excluding hydrogens is 208 g/mol. The molecule has 0 saturated carbocycles. The van der Waals surface area contributed by atoms with Crippen molar-refractivity contribution in [3.8, 4) is 0 Å². The molecule has 2 saturated heterocycles. The average Bonchev–Trinajstić information content (AvgIpc) is 2.26. The summed E-state index contributed by atoms with van der Waals surface area (Å²) < 4.78 is 0. The average molecular weight is 236 g/mol. The van der Waals surface area contributed by atoms with Crippen LogP contribution in [-0.2, 0) is 0 Å². The Morgan fingerprint density at radius 3 is 2.41 bits per heavy atom. The van der Waals surface area contributed by atoms with Crippen LogP contribution in [0.5, 0.6) is 0 Å². The van der Waals surface area contributed by atoms with Gasteiger partial charge in [0, 0.05) is 24.7 Å². The minimum absolute atomic E-state index is 0.776. The highest BCUT2D eigenvalue weighted by Crippen LogP contribution is 2.33. The summed E-state index contributed by atoms with van der Waals surface area (Å²) in [5.74, 6) is 0. The van der Waals surface area contributed by atoms with E-state index in [0.29, 0.717) is 0 Å². The molecule has 2 heterocycles. The number of piperidine rings is 2. The minimum Gasteiger partial charge on any atom is -0.314 e. The summed E-state index contributed by atoms with van der Waals surface area (Å²) in [6.07, 6.45) is 9.39. The SMILES string of the molecule is CCNC1CC2CCCC(C1)N2CC=C(C)C. The van der Waals surface area contributed by atoms with E-state index in [4.69, 9.17) is 0 Å². The summed E-state index contributed by atoms with van der Waals surface area (Å²) in [6.45, 7) is 8.95. The maximum atomic E-state index is 3.66. The Bertz CT molecular complexity index is 254. The van der Waals surface area contributed by atoms with E-state index in [2.05, 4.69) is 37.1 Å². The zero-order chi connectivity index (χ0) is 12.3. The van der Waals surface area contributed by atoms with Crippen LogP contribution in [0, 0.1) is 0 Å². The van der Waals surface area contributed by atoms with Gasteiger partial charge in [0.25, 0.3) is 0 Å². The Labute approximate surface area is 106 Å². The van der Waals surface area contributed by atoms with Gasteiger partial charge in [-0.3, -0.25) is 4.90 Å². The molecule has 2 bridgehead atoms. The number of nitrogens with zero attached hydrogens (tertiary/aromatic N) is 1. The van der Waals surface area contributed by atoms with Crippen molar-refractivity contribution in [1.29, 1.82) is 0 Å². The number of hydrogen-bond acceptors (Lipinski definition) is 2. The lowest BCUT2D eigenvalue weighted by Gasteiger charge is -2.49. The lowest BCUT2D eigenvalue weighted by Crippen LogP contribution is -2.56. The van der Waals surface area contributed by atoms with Gasteiger partial charge in [-0.2, -0.15) is 0 Å². The third-order valence-electron chi connectivity index (χ3n) is 4.33. The van der Waals surface area contributed by atoms with Crippen LogP contribution < -0.4 is 5.32 Å². The predicted molar refractivity (Wildman–Crippen MR) is 74.3 cm³/mol. The van der Waals surface area contributed by atoms with Crippen molar-refractivity contribution in [3.05, 3.63) is 11.6 Å². The molecule has 2 aliphatic heterocycles. The van der Waals surface area contributed by atoms with Crippen molar-refractivity contribution in [2.75, 3.05) is 13.1 Å². The van der Waals surface area contributed by atoms with Crippen LogP contribution in [0.15, 0.2) is 11.6 Å². The van der Waals surface area contributed by atoms with Crippen LogP contribution >= 0.6 is 0 Å². The first-order valence-corrected chi connectivity index (χ1v) is 7.33. The first kappa shape index (κ1) is 13.1. The summed E-state index contributed by atoms with van der Waals surface area (Å²) in [5.41, 5.74) is 1.46. The van der Waals surface area contributed by atoms with E-state index in [-0.39, 0.29) is 0 Å². The molecular formula is C15H28N2. The molecule has 0 aromatic carbocycles. The van der Waals surface area contributed by atoms with Crippen molar-refractivity contribution in [3.63, 3.8) is 0 Å². The number of allylic oxidation sites excluding steroid dienone is 1. The second kappa shape index (κ2) is 6.01. The molecule has 0 radical (unpaired) electrons. The van der Waals surface area contributed by atoms with Crippen LogP contribution in [0.25, 0.3) is 0 Å². The van der Waals surface area contributed by atoms with Gasteiger partial charge >= 0.3 is 0 Å². The Morgan fingerprint density at radius 1 is 1.24 bits per heavy atom. The first-order valence-electron chi connectivity index (χ1n) is 7.33. The van der Waals surface area contributed by atoms with Gasteiger partial charge in [-0.05, 0) is 46.1 Å².